The number of hydrogen-bond donors (Lipinski definition) is 2. The topological polar surface area (TPSA) is 128 Å². The quantitative estimate of drug-likeness (QED) is 0.238. The van der Waals surface area contributed by atoms with E-state index in [-0.39, 0.29) is 55.9 Å². The Hall–Kier alpha value is -4.14. The van der Waals surface area contributed by atoms with Crippen molar-refractivity contribution >= 4 is 29.5 Å². The second-order valence-electron chi connectivity index (χ2n) is 8.79. The van der Waals surface area contributed by atoms with Crippen molar-refractivity contribution < 1.29 is 38.5 Å². The lowest BCUT2D eigenvalue weighted by atomic mass is 9.94. The van der Waals surface area contributed by atoms with E-state index in [1.54, 1.807) is 19.1 Å². The average molecular weight is 510 g/mol. The van der Waals surface area contributed by atoms with Gasteiger partial charge in [0.15, 0.2) is 5.75 Å². The summed E-state index contributed by atoms with van der Waals surface area (Å²) < 4.78 is 16.6. The Labute approximate surface area is 215 Å². The lowest BCUT2D eigenvalue weighted by Crippen LogP contribution is -2.16. The molecule has 2 aromatic carbocycles. The Balaban J connectivity index is 1.77. The molecule has 0 fully saturated rings. The van der Waals surface area contributed by atoms with E-state index in [1.807, 2.05) is 31.2 Å². The molecule has 1 amide bonds. The predicted molar refractivity (Wildman–Crippen MR) is 136 cm³/mol. The Morgan fingerprint density at radius 2 is 1.81 bits per heavy atom. The fourth-order valence-electron chi connectivity index (χ4n) is 4.11. The van der Waals surface area contributed by atoms with Gasteiger partial charge >= 0.3 is 17.9 Å². The first-order chi connectivity index (χ1) is 17.7. The van der Waals surface area contributed by atoms with Gasteiger partial charge in [-0.2, -0.15) is 0 Å². The van der Waals surface area contributed by atoms with Gasteiger partial charge in [0.2, 0.25) is 5.91 Å². The number of ether oxygens (including phenoxy) is 3. The second kappa shape index (κ2) is 12.7. The lowest BCUT2D eigenvalue weighted by molar-refractivity contribution is -0.137. The number of anilines is 1. The molecule has 0 radical (unpaired) electrons. The molecule has 2 N–H and O–H groups in total. The van der Waals surface area contributed by atoms with Crippen LogP contribution in [0.25, 0.3) is 0 Å². The minimum atomic E-state index is -0.895. The zero-order chi connectivity index (χ0) is 26.9. The highest BCUT2D eigenvalue weighted by molar-refractivity contribution is 5.99. The summed E-state index contributed by atoms with van der Waals surface area (Å²) in [6.45, 7) is 3.67. The number of rotatable bonds is 12. The number of allylic oxidation sites excluding steroid dienone is 2. The summed E-state index contributed by atoms with van der Waals surface area (Å²) in [5.41, 5.74) is 3.52. The summed E-state index contributed by atoms with van der Waals surface area (Å²) in [4.78, 5) is 48.4. The largest absolute Gasteiger partial charge is 0.496 e. The molecule has 0 unspecified atom stereocenters. The molecule has 0 bridgehead atoms. The van der Waals surface area contributed by atoms with Crippen molar-refractivity contribution in [2.24, 2.45) is 0 Å². The van der Waals surface area contributed by atoms with E-state index in [0.29, 0.717) is 34.5 Å². The van der Waals surface area contributed by atoms with Crippen LogP contribution in [-0.4, -0.2) is 36.0 Å². The summed E-state index contributed by atoms with van der Waals surface area (Å²) in [6.07, 6.45) is 2.81. The summed E-state index contributed by atoms with van der Waals surface area (Å²) in [5.74, 6) is -1.73. The molecule has 1 heterocycles. The van der Waals surface area contributed by atoms with Gasteiger partial charge < -0.3 is 24.6 Å². The highest BCUT2D eigenvalue weighted by Gasteiger charge is 2.34. The van der Waals surface area contributed by atoms with Gasteiger partial charge in [0.05, 0.1) is 7.11 Å². The van der Waals surface area contributed by atoms with E-state index in [2.05, 4.69) is 5.32 Å². The van der Waals surface area contributed by atoms with E-state index in [1.165, 1.54) is 7.11 Å². The minimum absolute atomic E-state index is 0.00526. The van der Waals surface area contributed by atoms with E-state index in [4.69, 9.17) is 19.3 Å². The predicted octanol–water partition coefficient (Wildman–Crippen LogP) is 4.74. The van der Waals surface area contributed by atoms with Gasteiger partial charge in [0.1, 0.15) is 17.9 Å². The number of cyclic esters (lactones) is 1. The van der Waals surface area contributed by atoms with Crippen molar-refractivity contribution in [2.75, 3.05) is 12.4 Å². The number of carbonyl (C=O) groups is 4. The number of esters is 2. The highest BCUT2D eigenvalue weighted by atomic mass is 16.6. The smallest absolute Gasteiger partial charge is 0.342 e. The zero-order valence-electron chi connectivity index (χ0n) is 21.2. The molecule has 9 nitrogen and oxygen atoms in total. The first kappa shape index (κ1) is 27.4. The molecular weight excluding hydrogens is 478 g/mol. The van der Waals surface area contributed by atoms with Crippen molar-refractivity contribution in [1.29, 1.82) is 0 Å². The molecule has 1 aliphatic rings. The standard InChI is InChI=1S/C28H31NO8/c1-17(13-15-23(31)32)12-14-20-26(35-3)18(2)21-16-36-28(34)25(21)27(20)37-24(33)11-7-10-22(30)29-19-8-5-4-6-9-19/h4-6,8-9,12H,7,10-11,13-16H2,1-3H3,(H,29,30)(H,31,32)/b17-12+. The molecule has 0 saturated heterocycles. The van der Waals surface area contributed by atoms with Crippen molar-refractivity contribution in [2.45, 2.75) is 59.0 Å². The molecule has 1 aliphatic heterocycles. The summed E-state index contributed by atoms with van der Waals surface area (Å²) in [5, 5.41) is 11.7. The molecule has 0 aromatic heterocycles. The number of carboxylic acids is 1. The maximum Gasteiger partial charge on any atom is 0.342 e. The molecule has 0 saturated carbocycles. The molecule has 0 atom stereocenters. The molecular formula is C28H31NO8. The van der Waals surface area contributed by atoms with Crippen LogP contribution in [0.3, 0.4) is 0 Å². The van der Waals surface area contributed by atoms with Crippen molar-refractivity contribution in [3.63, 3.8) is 0 Å². The van der Waals surface area contributed by atoms with Crippen LogP contribution < -0.4 is 14.8 Å². The third-order valence-corrected chi connectivity index (χ3v) is 6.07. The van der Waals surface area contributed by atoms with Crippen molar-refractivity contribution in [3.05, 3.63) is 64.2 Å². The van der Waals surface area contributed by atoms with Crippen LogP contribution >= 0.6 is 0 Å². The van der Waals surface area contributed by atoms with Gasteiger partial charge in [-0.05, 0) is 50.8 Å². The Morgan fingerprint density at radius 3 is 2.49 bits per heavy atom. The minimum Gasteiger partial charge on any atom is -0.496 e. The van der Waals surface area contributed by atoms with Crippen LogP contribution in [0.2, 0.25) is 0 Å². The number of nitrogens with one attached hydrogen (secondary N) is 1. The summed E-state index contributed by atoms with van der Waals surface area (Å²) >= 11 is 0. The van der Waals surface area contributed by atoms with Gasteiger partial charge in [0.25, 0.3) is 0 Å². The van der Waals surface area contributed by atoms with Gasteiger partial charge in [-0.3, -0.25) is 14.4 Å². The fraction of sp³-hybridized carbons (Fsp3) is 0.357. The number of para-hydroxylation sites is 1. The number of carboxylic acid groups (broad SMARTS) is 1. The summed E-state index contributed by atoms with van der Waals surface area (Å²) in [7, 11) is 1.49. The van der Waals surface area contributed by atoms with Crippen LogP contribution in [-0.2, 0) is 32.1 Å². The zero-order valence-corrected chi connectivity index (χ0v) is 21.2. The Morgan fingerprint density at radius 1 is 1.08 bits per heavy atom. The molecule has 0 spiro atoms. The number of hydrogen-bond acceptors (Lipinski definition) is 7. The van der Waals surface area contributed by atoms with Crippen LogP contribution in [0, 0.1) is 6.92 Å². The van der Waals surface area contributed by atoms with E-state index in [9.17, 15) is 19.2 Å². The molecule has 3 rings (SSSR count). The number of benzene rings is 2. The first-order valence-corrected chi connectivity index (χ1v) is 12.0. The maximum atomic E-state index is 12.8. The molecule has 0 aliphatic carbocycles. The number of aliphatic carboxylic acids is 1. The SMILES string of the molecule is COc1c(C)c2c(c(OC(=O)CCCC(=O)Nc3ccccc3)c1C/C=C(\C)CCC(=O)O)C(=O)OC2. The van der Waals surface area contributed by atoms with E-state index in [0.717, 1.165) is 5.57 Å². The first-order valence-electron chi connectivity index (χ1n) is 12.0. The second-order valence-corrected chi connectivity index (χ2v) is 8.79. The number of fused-ring (bicyclic) bond motifs is 1. The number of methoxy groups -OCH3 is 1. The van der Waals surface area contributed by atoms with Crippen LogP contribution in [0.4, 0.5) is 5.69 Å². The molecule has 2 aromatic rings. The number of carbonyl (C=O) groups excluding carboxylic acids is 3. The highest BCUT2D eigenvalue weighted by Crippen LogP contribution is 2.43. The molecule has 37 heavy (non-hydrogen) atoms. The number of amides is 1. The van der Waals surface area contributed by atoms with Crippen LogP contribution in [0.5, 0.6) is 11.5 Å². The fourth-order valence-corrected chi connectivity index (χ4v) is 4.11. The van der Waals surface area contributed by atoms with Gasteiger partial charge in [-0.15, -0.1) is 0 Å². The van der Waals surface area contributed by atoms with Gasteiger partial charge in [-0.25, -0.2) is 4.79 Å². The Kier molecular flexibility index (Phi) is 9.43. The molecule has 9 heteroatoms. The van der Waals surface area contributed by atoms with Crippen LogP contribution in [0.15, 0.2) is 42.0 Å². The summed E-state index contributed by atoms with van der Waals surface area (Å²) in [6, 6.07) is 9.02. The third kappa shape index (κ3) is 7.19. The maximum absolute atomic E-state index is 12.8. The monoisotopic (exact) mass is 509 g/mol. The van der Waals surface area contributed by atoms with E-state index >= 15 is 0 Å². The van der Waals surface area contributed by atoms with Gasteiger partial charge in [-0.1, -0.05) is 29.8 Å². The van der Waals surface area contributed by atoms with Crippen LogP contribution in [0.1, 0.15) is 66.1 Å². The average Bonchev–Trinajstić information content (AvgIpc) is 3.25. The normalized spacial score (nSPS) is 12.5. The Bertz CT molecular complexity index is 1220. The van der Waals surface area contributed by atoms with Crippen molar-refractivity contribution in [3.8, 4) is 11.5 Å². The van der Waals surface area contributed by atoms with E-state index < -0.39 is 17.9 Å². The van der Waals surface area contributed by atoms with Gasteiger partial charge in [0, 0.05) is 36.1 Å². The lowest BCUT2D eigenvalue weighted by Gasteiger charge is -2.19. The molecule has 196 valence electrons. The third-order valence-electron chi connectivity index (χ3n) is 6.07. The van der Waals surface area contributed by atoms with Crippen molar-refractivity contribution in [1.82, 2.24) is 0 Å².